The van der Waals surface area contributed by atoms with Crippen LogP contribution in [0, 0.1) is 19.8 Å². The Morgan fingerprint density at radius 3 is 2.71 bits per heavy atom. The van der Waals surface area contributed by atoms with Crippen molar-refractivity contribution in [1.29, 1.82) is 0 Å². The van der Waals surface area contributed by atoms with E-state index in [9.17, 15) is 22.8 Å². The quantitative estimate of drug-likeness (QED) is 0.626. The predicted molar refractivity (Wildman–Crippen MR) is 111 cm³/mol. The molecule has 7 nitrogen and oxygen atoms in total. The van der Waals surface area contributed by atoms with Crippen LogP contribution in [0.5, 0.6) is 0 Å². The average Bonchev–Trinajstić information content (AvgIpc) is 3.16. The molecule has 12 heteroatoms. The standard InChI is InChI=1S/C19H19ClF3N5O2S/c1-8-4-5-11-12(6-8)31-17-14(11)18(30)28(10(3)24-17)25-13(29)7-27-9(2)15(20)16(26-27)19(21,22)23/h8H,4-7H2,1-3H3,(H,25,29). The highest BCUT2D eigenvalue weighted by Gasteiger charge is 2.38. The summed E-state index contributed by atoms with van der Waals surface area (Å²) >= 11 is 7.22. The van der Waals surface area contributed by atoms with Crippen molar-refractivity contribution >= 4 is 39.1 Å². The van der Waals surface area contributed by atoms with Crippen LogP contribution in [0.25, 0.3) is 10.2 Å². The van der Waals surface area contributed by atoms with Crippen molar-refractivity contribution in [1.82, 2.24) is 19.4 Å². The molecule has 0 bridgehead atoms. The summed E-state index contributed by atoms with van der Waals surface area (Å²) < 4.78 is 40.9. The number of thiophene rings is 1. The number of alkyl halides is 3. The summed E-state index contributed by atoms with van der Waals surface area (Å²) in [6, 6.07) is 0. The van der Waals surface area contributed by atoms with Gasteiger partial charge in [-0.3, -0.25) is 19.7 Å². The van der Waals surface area contributed by atoms with Crippen LogP contribution in [-0.2, 0) is 30.4 Å². The van der Waals surface area contributed by atoms with Gasteiger partial charge in [0, 0.05) is 4.88 Å². The fraction of sp³-hybridized carbons (Fsp3) is 0.474. The third-order valence-corrected chi connectivity index (χ3v) is 7.03. The third kappa shape index (κ3) is 3.84. The van der Waals surface area contributed by atoms with Crippen molar-refractivity contribution in [2.45, 2.75) is 52.8 Å². The highest BCUT2D eigenvalue weighted by Crippen LogP contribution is 2.36. The lowest BCUT2D eigenvalue weighted by atomic mass is 9.89. The van der Waals surface area contributed by atoms with Gasteiger partial charge in [-0.05, 0) is 44.6 Å². The number of rotatable bonds is 3. The molecular formula is C19H19ClF3N5O2S. The van der Waals surface area contributed by atoms with Crippen molar-refractivity contribution in [3.05, 3.63) is 43.0 Å². The van der Waals surface area contributed by atoms with Gasteiger partial charge < -0.3 is 0 Å². The van der Waals surface area contributed by atoms with Crippen molar-refractivity contribution in [3.63, 3.8) is 0 Å². The Bertz CT molecular complexity index is 1260. The molecule has 0 radical (unpaired) electrons. The van der Waals surface area contributed by atoms with E-state index >= 15 is 0 Å². The molecule has 1 unspecified atom stereocenters. The summed E-state index contributed by atoms with van der Waals surface area (Å²) in [5.74, 6) is 0.0954. The van der Waals surface area contributed by atoms with Gasteiger partial charge in [0.1, 0.15) is 17.2 Å². The first-order valence-electron chi connectivity index (χ1n) is 9.61. The van der Waals surface area contributed by atoms with E-state index in [-0.39, 0.29) is 11.5 Å². The summed E-state index contributed by atoms with van der Waals surface area (Å²) in [6.07, 6.45) is -2.10. The lowest BCUT2D eigenvalue weighted by Crippen LogP contribution is -2.37. The average molecular weight is 474 g/mol. The van der Waals surface area contributed by atoms with Gasteiger partial charge in [0.05, 0.1) is 16.1 Å². The van der Waals surface area contributed by atoms with Gasteiger partial charge in [-0.15, -0.1) is 11.3 Å². The molecule has 3 aromatic rings. The number of nitrogens with one attached hydrogen (secondary N) is 1. The van der Waals surface area contributed by atoms with E-state index in [0.717, 1.165) is 39.1 Å². The zero-order valence-electron chi connectivity index (χ0n) is 16.9. The monoisotopic (exact) mass is 473 g/mol. The van der Waals surface area contributed by atoms with Crippen LogP contribution in [0.4, 0.5) is 13.2 Å². The van der Waals surface area contributed by atoms with E-state index in [1.165, 1.54) is 18.3 Å². The predicted octanol–water partition coefficient (Wildman–Crippen LogP) is 3.84. The fourth-order valence-electron chi connectivity index (χ4n) is 3.78. The fourth-order valence-corrected chi connectivity index (χ4v) is 5.44. The smallest absolute Gasteiger partial charge is 0.271 e. The second kappa shape index (κ2) is 7.63. The normalized spacial score (nSPS) is 16.5. The summed E-state index contributed by atoms with van der Waals surface area (Å²) in [7, 11) is 0. The van der Waals surface area contributed by atoms with Crippen LogP contribution in [0.15, 0.2) is 4.79 Å². The third-order valence-electron chi connectivity index (χ3n) is 5.43. The Labute approximate surface area is 183 Å². The molecule has 1 N–H and O–H groups in total. The molecule has 0 fully saturated rings. The Hall–Kier alpha value is -2.40. The number of halogens is 4. The van der Waals surface area contributed by atoms with Crippen molar-refractivity contribution < 1.29 is 18.0 Å². The van der Waals surface area contributed by atoms with Crippen LogP contribution in [0.2, 0.25) is 5.02 Å². The molecule has 0 aromatic carbocycles. The molecule has 1 atom stereocenters. The first-order chi connectivity index (χ1) is 14.5. The topological polar surface area (TPSA) is 81.8 Å². The number of amides is 1. The molecule has 3 aromatic heterocycles. The van der Waals surface area contributed by atoms with Gasteiger partial charge in [0.25, 0.3) is 11.5 Å². The van der Waals surface area contributed by atoms with E-state index < -0.39 is 34.9 Å². The highest BCUT2D eigenvalue weighted by atomic mass is 35.5. The van der Waals surface area contributed by atoms with Gasteiger partial charge >= 0.3 is 6.18 Å². The Balaban J connectivity index is 1.65. The van der Waals surface area contributed by atoms with E-state index in [1.54, 1.807) is 6.92 Å². The number of aryl methyl sites for hydroxylation is 2. The summed E-state index contributed by atoms with van der Waals surface area (Å²) in [4.78, 5) is 31.9. The zero-order valence-corrected chi connectivity index (χ0v) is 18.5. The minimum atomic E-state index is -4.73. The molecule has 0 saturated heterocycles. The van der Waals surface area contributed by atoms with E-state index in [1.807, 2.05) is 0 Å². The van der Waals surface area contributed by atoms with Crippen molar-refractivity contribution in [2.75, 3.05) is 5.43 Å². The maximum Gasteiger partial charge on any atom is 0.436 e. The Kier molecular flexibility index (Phi) is 5.37. The second-order valence-corrected chi connectivity index (χ2v) is 9.23. The molecule has 3 heterocycles. The number of aromatic nitrogens is 4. The van der Waals surface area contributed by atoms with Gasteiger partial charge in [0.15, 0.2) is 5.69 Å². The summed E-state index contributed by atoms with van der Waals surface area (Å²) in [6.45, 7) is 4.55. The lowest BCUT2D eigenvalue weighted by Gasteiger charge is -2.17. The number of hydrogen-bond donors (Lipinski definition) is 1. The minimum Gasteiger partial charge on any atom is -0.271 e. The zero-order chi connectivity index (χ0) is 22.7. The van der Waals surface area contributed by atoms with Crippen LogP contribution in [-0.4, -0.2) is 25.3 Å². The Morgan fingerprint density at radius 1 is 1.35 bits per heavy atom. The van der Waals surface area contributed by atoms with Gasteiger partial charge in [-0.2, -0.15) is 18.3 Å². The van der Waals surface area contributed by atoms with Crippen LogP contribution >= 0.6 is 22.9 Å². The first kappa shape index (κ1) is 21.8. The van der Waals surface area contributed by atoms with E-state index in [4.69, 9.17) is 11.6 Å². The molecular weight excluding hydrogens is 455 g/mol. The molecule has 0 saturated carbocycles. The summed E-state index contributed by atoms with van der Waals surface area (Å²) in [5, 5.41) is 3.35. The van der Waals surface area contributed by atoms with E-state index in [0.29, 0.717) is 16.1 Å². The molecule has 0 aliphatic heterocycles. The Morgan fingerprint density at radius 2 is 2.06 bits per heavy atom. The SMILES string of the molecule is Cc1c(Cl)c(C(F)(F)F)nn1CC(=O)Nn1c(C)nc2sc3c(c2c1=O)CCC(C)C3. The number of carbonyl (C=O) groups excluding carboxylic acids is 1. The first-order valence-corrected chi connectivity index (χ1v) is 10.8. The van der Waals surface area contributed by atoms with Crippen molar-refractivity contribution in [2.24, 2.45) is 5.92 Å². The molecule has 166 valence electrons. The largest absolute Gasteiger partial charge is 0.436 e. The highest BCUT2D eigenvalue weighted by molar-refractivity contribution is 7.18. The van der Waals surface area contributed by atoms with Gasteiger partial charge in [0.2, 0.25) is 0 Å². The molecule has 1 aliphatic rings. The van der Waals surface area contributed by atoms with Crippen molar-refractivity contribution in [3.8, 4) is 0 Å². The molecule has 4 rings (SSSR count). The maximum absolute atomic E-state index is 13.1. The molecule has 0 spiro atoms. The van der Waals surface area contributed by atoms with Gasteiger partial charge in [-0.1, -0.05) is 18.5 Å². The van der Waals surface area contributed by atoms with E-state index in [2.05, 4.69) is 22.4 Å². The number of carbonyl (C=O) groups is 1. The van der Waals surface area contributed by atoms with Crippen LogP contribution in [0.3, 0.4) is 0 Å². The number of nitrogens with zero attached hydrogens (tertiary/aromatic N) is 4. The second-order valence-electron chi connectivity index (χ2n) is 7.77. The van der Waals surface area contributed by atoms with Crippen LogP contribution < -0.4 is 11.0 Å². The minimum absolute atomic E-state index is 0.00260. The van der Waals surface area contributed by atoms with Crippen LogP contribution in [0.1, 0.15) is 41.0 Å². The number of fused-ring (bicyclic) bond motifs is 3. The molecule has 31 heavy (non-hydrogen) atoms. The lowest BCUT2D eigenvalue weighted by molar-refractivity contribution is -0.141. The molecule has 1 aliphatic carbocycles. The maximum atomic E-state index is 13.1. The summed E-state index contributed by atoms with van der Waals surface area (Å²) in [5.41, 5.74) is 1.77. The van der Waals surface area contributed by atoms with Gasteiger partial charge in [-0.25, -0.2) is 9.66 Å². The molecule has 1 amide bonds. The number of hydrogen-bond acceptors (Lipinski definition) is 5.